The number of alkyl halides is 1. The van der Waals surface area contributed by atoms with Gasteiger partial charge in [0.25, 0.3) is 5.91 Å². The van der Waals surface area contributed by atoms with Gasteiger partial charge in [-0.05, 0) is 13.0 Å². The van der Waals surface area contributed by atoms with Gasteiger partial charge in [-0.1, -0.05) is 0 Å². The van der Waals surface area contributed by atoms with Crippen LogP contribution in [-0.4, -0.2) is 31.5 Å². The van der Waals surface area contributed by atoms with Crippen LogP contribution in [-0.2, 0) is 4.74 Å². The molecule has 0 saturated carbocycles. The first-order chi connectivity index (χ1) is 7.15. The molecule has 1 N–H and O–H groups in total. The molecule has 1 aromatic heterocycles. The maximum absolute atomic E-state index is 11.5. The standard InChI is InChI=1S/C10H14ClNO3/c1-7-3-4-15-9(7)10(13)12-5-8(11)6-14-2/h3-4,8H,5-6H2,1-2H3,(H,12,13). The van der Waals surface area contributed by atoms with Gasteiger partial charge >= 0.3 is 0 Å². The summed E-state index contributed by atoms with van der Waals surface area (Å²) >= 11 is 5.86. The van der Waals surface area contributed by atoms with Crippen LogP contribution in [0.3, 0.4) is 0 Å². The van der Waals surface area contributed by atoms with Gasteiger partial charge in [-0.25, -0.2) is 0 Å². The zero-order valence-electron chi connectivity index (χ0n) is 8.75. The summed E-state index contributed by atoms with van der Waals surface area (Å²) in [6, 6.07) is 1.74. The Balaban J connectivity index is 2.40. The van der Waals surface area contributed by atoms with E-state index in [2.05, 4.69) is 5.32 Å². The molecule has 1 aromatic rings. The van der Waals surface area contributed by atoms with Gasteiger partial charge in [0.15, 0.2) is 5.76 Å². The number of carbonyl (C=O) groups excluding carboxylic acids is 1. The van der Waals surface area contributed by atoms with Crippen LogP contribution in [0.1, 0.15) is 16.1 Å². The van der Waals surface area contributed by atoms with Gasteiger partial charge in [-0.2, -0.15) is 0 Å². The SMILES string of the molecule is COCC(Cl)CNC(=O)c1occc1C. The number of nitrogens with one attached hydrogen (secondary N) is 1. The Morgan fingerprint density at radius 1 is 1.73 bits per heavy atom. The third kappa shape index (κ3) is 3.57. The Labute approximate surface area is 93.5 Å². The molecule has 5 heteroatoms. The van der Waals surface area contributed by atoms with Crippen LogP contribution in [0.25, 0.3) is 0 Å². The van der Waals surface area contributed by atoms with Crippen LogP contribution in [0.15, 0.2) is 16.7 Å². The highest BCUT2D eigenvalue weighted by Gasteiger charge is 2.13. The highest BCUT2D eigenvalue weighted by Crippen LogP contribution is 2.08. The lowest BCUT2D eigenvalue weighted by Crippen LogP contribution is -2.31. The summed E-state index contributed by atoms with van der Waals surface area (Å²) in [4.78, 5) is 11.5. The molecule has 15 heavy (non-hydrogen) atoms. The molecule has 0 saturated heterocycles. The van der Waals surface area contributed by atoms with Crippen molar-refractivity contribution < 1.29 is 13.9 Å². The van der Waals surface area contributed by atoms with Gasteiger partial charge in [0, 0.05) is 19.2 Å². The molecule has 1 atom stereocenters. The number of carbonyl (C=O) groups is 1. The molecule has 0 bridgehead atoms. The monoisotopic (exact) mass is 231 g/mol. The second-order valence-electron chi connectivity index (χ2n) is 3.20. The van der Waals surface area contributed by atoms with E-state index in [4.69, 9.17) is 20.8 Å². The Hall–Kier alpha value is -1.00. The largest absolute Gasteiger partial charge is 0.459 e. The second kappa shape index (κ2) is 5.78. The topological polar surface area (TPSA) is 51.5 Å². The van der Waals surface area contributed by atoms with Crippen molar-refractivity contribution in [3.05, 3.63) is 23.7 Å². The van der Waals surface area contributed by atoms with Crippen molar-refractivity contribution in [2.24, 2.45) is 0 Å². The number of hydrogen-bond acceptors (Lipinski definition) is 3. The number of hydrogen-bond donors (Lipinski definition) is 1. The Bertz CT molecular complexity index is 324. The first kappa shape index (κ1) is 12.1. The number of ether oxygens (including phenoxy) is 1. The fraction of sp³-hybridized carbons (Fsp3) is 0.500. The lowest BCUT2D eigenvalue weighted by molar-refractivity contribution is 0.0921. The molecule has 4 nitrogen and oxygen atoms in total. The summed E-state index contributed by atoms with van der Waals surface area (Å²) in [7, 11) is 1.56. The molecule has 0 aliphatic heterocycles. The number of furan rings is 1. The molecular weight excluding hydrogens is 218 g/mol. The van der Waals surface area contributed by atoms with Crippen molar-refractivity contribution in [3.8, 4) is 0 Å². The van der Waals surface area contributed by atoms with E-state index in [1.165, 1.54) is 6.26 Å². The Morgan fingerprint density at radius 2 is 2.47 bits per heavy atom. The van der Waals surface area contributed by atoms with E-state index in [0.717, 1.165) is 5.56 Å². The van der Waals surface area contributed by atoms with E-state index < -0.39 is 0 Å². The van der Waals surface area contributed by atoms with E-state index >= 15 is 0 Å². The molecule has 1 unspecified atom stereocenters. The van der Waals surface area contributed by atoms with Crippen LogP contribution >= 0.6 is 11.6 Å². The van der Waals surface area contributed by atoms with Crippen molar-refractivity contribution in [2.45, 2.75) is 12.3 Å². The predicted octanol–water partition coefficient (Wildman–Crippen LogP) is 1.57. The highest BCUT2D eigenvalue weighted by atomic mass is 35.5. The van der Waals surface area contributed by atoms with Crippen LogP contribution in [0.2, 0.25) is 0 Å². The maximum Gasteiger partial charge on any atom is 0.287 e. The summed E-state index contributed by atoms with van der Waals surface area (Å²) in [6.45, 7) is 2.57. The lowest BCUT2D eigenvalue weighted by Gasteiger charge is -2.08. The number of rotatable bonds is 5. The summed E-state index contributed by atoms with van der Waals surface area (Å²) < 4.78 is 9.88. The van der Waals surface area contributed by atoms with Crippen LogP contribution in [0.4, 0.5) is 0 Å². The number of aryl methyl sites for hydroxylation is 1. The zero-order valence-corrected chi connectivity index (χ0v) is 9.50. The summed E-state index contributed by atoms with van der Waals surface area (Å²) in [5.74, 6) is 0.0792. The van der Waals surface area contributed by atoms with Gasteiger partial charge in [0.1, 0.15) is 0 Å². The summed E-state index contributed by atoms with van der Waals surface area (Å²) in [6.07, 6.45) is 1.48. The molecule has 0 fully saturated rings. The van der Waals surface area contributed by atoms with Gasteiger partial charge < -0.3 is 14.5 Å². The number of halogens is 1. The first-order valence-corrected chi connectivity index (χ1v) is 5.04. The van der Waals surface area contributed by atoms with E-state index in [0.29, 0.717) is 18.9 Å². The lowest BCUT2D eigenvalue weighted by atomic mass is 10.2. The van der Waals surface area contributed by atoms with E-state index in [1.807, 2.05) is 6.92 Å². The van der Waals surface area contributed by atoms with Crippen LogP contribution in [0, 0.1) is 6.92 Å². The fourth-order valence-electron chi connectivity index (χ4n) is 1.13. The van der Waals surface area contributed by atoms with Gasteiger partial charge in [-0.15, -0.1) is 11.6 Å². The Kier molecular flexibility index (Phi) is 4.65. The highest BCUT2D eigenvalue weighted by molar-refractivity contribution is 6.21. The summed E-state index contributed by atoms with van der Waals surface area (Å²) in [5.41, 5.74) is 0.811. The molecule has 1 rings (SSSR count). The minimum atomic E-state index is -0.251. The molecular formula is C10H14ClNO3. The predicted molar refractivity (Wildman–Crippen MR) is 57.3 cm³/mol. The van der Waals surface area contributed by atoms with Crippen molar-refractivity contribution in [1.29, 1.82) is 0 Å². The van der Waals surface area contributed by atoms with Crippen molar-refractivity contribution in [1.82, 2.24) is 5.32 Å². The molecule has 0 aromatic carbocycles. The van der Waals surface area contributed by atoms with Crippen molar-refractivity contribution >= 4 is 17.5 Å². The van der Waals surface area contributed by atoms with Gasteiger partial charge in [0.05, 0.1) is 18.2 Å². The first-order valence-electron chi connectivity index (χ1n) is 4.60. The van der Waals surface area contributed by atoms with E-state index in [9.17, 15) is 4.79 Å². The zero-order chi connectivity index (χ0) is 11.3. The molecule has 0 spiro atoms. The second-order valence-corrected chi connectivity index (χ2v) is 3.81. The molecule has 1 amide bonds. The molecule has 0 radical (unpaired) electrons. The average Bonchev–Trinajstić information content (AvgIpc) is 2.61. The van der Waals surface area contributed by atoms with Crippen LogP contribution in [0.5, 0.6) is 0 Å². The van der Waals surface area contributed by atoms with Crippen LogP contribution < -0.4 is 5.32 Å². The Morgan fingerprint density at radius 3 is 3.00 bits per heavy atom. The minimum absolute atomic E-state index is 0.228. The number of methoxy groups -OCH3 is 1. The third-order valence-electron chi connectivity index (χ3n) is 1.90. The fourth-order valence-corrected chi connectivity index (χ4v) is 1.33. The van der Waals surface area contributed by atoms with Gasteiger partial charge in [0.2, 0.25) is 0 Å². The third-order valence-corrected chi connectivity index (χ3v) is 2.18. The van der Waals surface area contributed by atoms with E-state index in [1.54, 1.807) is 13.2 Å². The molecule has 1 heterocycles. The van der Waals surface area contributed by atoms with Crippen molar-refractivity contribution in [2.75, 3.05) is 20.3 Å². The van der Waals surface area contributed by atoms with E-state index in [-0.39, 0.29) is 11.3 Å². The quantitative estimate of drug-likeness (QED) is 0.783. The van der Waals surface area contributed by atoms with Crippen molar-refractivity contribution in [3.63, 3.8) is 0 Å². The summed E-state index contributed by atoms with van der Waals surface area (Å²) in [5, 5.41) is 2.44. The molecule has 0 aliphatic carbocycles. The smallest absolute Gasteiger partial charge is 0.287 e. The average molecular weight is 232 g/mol. The van der Waals surface area contributed by atoms with Gasteiger partial charge in [-0.3, -0.25) is 4.79 Å². The number of amides is 1. The maximum atomic E-state index is 11.5. The molecule has 0 aliphatic rings. The minimum Gasteiger partial charge on any atom is -0.459 e. The molecule has 84 valence electrons. The normalized spacial score (nSPS) is 12.5.